The first-order valence-corrected chi connectivity index (χ1v) is 6.43. The number of aromatic nitrogens is 2. The molecule has 4 nitrogen and oxygen atoms in total. The molecule has 0 amide bonds. The first kappa shape index (κ1) is 9.54. The van der Waals surface area contributed by atoms with Crippen LogP contribution in [0, 0.1) is 0 Å². The van der Waals surface area contributed by atoms with Crippen molar-refractivity contribution < 1.29 is 0 Å². The molecular weight excluding hydrogens is 208 g/mol. The molecule has 82 valence electrons. The summed E-state index contributed by atoms with van der Waals surface area (Å²) in [6.07, 6.45) is 2.57. The molecule has 2 heterocycles. The van der Waals surface area contributed by atoms with Gasteiger partial charge in [-0.25, -0.2) is 4.98 Å². The van der Waals surface area contributed by atoms with Gasteiger partial charge in [-0.1, -0.05) is 0 Å². The predicted octanol–water partition coefficient (Wildman–Crippen LogP) is 1.21. The van der Waals surface area contributed by atoms with E-state index in [9.17, 15) is 0 Å². The summed E-state index contributed by atoms with van der Waals surface area (Å²) in [5.41, 5.74) is 0. The van der Waals surface area contributed by atoms with Crippen molar-refractivity contribution in [1.29, 1.82) is 0 Å². The normalized spacial score (nSPS) is 27.0. The van der Waals surface area contributed by atoms with E-state index in [1.54, 1.807) is 11.5 Å². The Bertz CT molecular complexity index is 347. The van der Waals surface area contributed by atoms with Gasteiger partial charge >= 0.3 is 0 Å². The molecule has 1 aromatic heterocycles. The molecule has 1 unspecified atom stereocenters. The third-order valence-electron chi connectivity index (χ3n) is 3.12. The predicted molar refractivity (Wildman–Crippen MR) is 61.6 cm³/mol. The van der Waals surface area contributed by atoms with Crippen LogP contribution in [0.5, 0.6) is 0 Å². The van der Waals surface area contributed by atoms with Crippen LogP contribution in [0.25, 0.3) is 0 Å². The molecule has 0 radical (unpaired) electrons. The highest BCUT2D eigenvalue weighted by molar-refractivity contribution is 7.09. The van der Waals surface area contributed by atoms with Gasteiger partial charge in [0, 0.05) is 43.1 Å². The second-order valence-corrected chi connectivity index (χ2v) is 5.19. The molecule has 1 aromatic rings. The molecular formula is C10H16N4S. The standard InChI is InChI=1S/C10H16N4S/c1-7-6-11-4-5-14(7)10-12-9(13-15-10)8-2-3-8/h7-8,11H,2-6H2,1H3. The van der Waals surface area contributed by atoms with E-state index < -0.39 is 0 Å². The summed E-state index contributed by atoms with van der Waals surface area (Å²) < 4.78 is 4.46. The molecule has 1 saturated carbocycles. The maximum atomic E-state index is 4.65. The SMILES string of the molecule is CC1CNCCN1c1nc(C2CC2)ns1. The Labute approximate surface area is 93.9 Å². The van der Waals surface area contributed by atoms with Crippen molar-refractivity contribution >= 4 is 16.7 Å². The van der Waals surface area contributed by atoms with E-state index in [0.717, 1.165) is 30.6 Å². The Hall–Kier alpha value is -0.680. The largest absolute Gasteiger partial charge is 0.342 e. The summed E-state index contributed by atoms with van der Waals surface area (Å²) in [5, 5.41) is 4.51. The van der Waals surface area contributed by atoms with Crippen molar-refractivity contribution in [3.63, 3.8) is 0 Å². The lowest BCUT2D eigenvalue weighted by atomic mass is 10.2. The molecule has 2 aliphatic rings. The lowest BCUT2D eigenvalue weighted by molar-refractivity contribution is 0.500. The Morgan fingerprint density at radius 3 is 3.07 bits per heavy atom. The third kappa shape index (κ3) is 1.86. The highest BCUT2D eigenvalue weighted by atomic mass is 32.1. The van der Waals surface area contributed by atoms with E-state index in [0.29, 0.717) is 12.0 Å². The van der Waals surface area contributed by atoms with Crippen molar-refractivity contribution in [3.05, 3.63) is 5.82 Å². The molecule has 1 N–H and O–H groups in total. The molecule has 2 fully saturated rings. The molecule has 1 aliphatic heterocycles. The Morgan fingerprint density at radius 2 is 2.33 bits per heavy atom. The molecule has 3 rings (SSSR count). The molecule has 1 aliphatic carbocycles. The van der Waals surface area contributed by atoms with Gasteiger partial charge in [0.25, 0.3) is 0 Å². The average molecular weight is 224 g/mol. The summed E-state index contributed by atoms with van der Waals surface area (Å²) in [6, 6.07) is 0.541. The topological polar surface area (TPSA) is 41.0 Å². The van der Waals surface area contributed by atoms with Crippen molar-refractivity contribution in [2.75, 3.05) is 24.5 Å². The van der Waals surface area contributed by atoms with Crippen LogP contribution in [0.1, 0.15) is 31.5 Å². The fraction of sp³-hybridized carbons (Fsp3) is 0.800. The van der Waals surface area contributed by atoms with Gasteiger partial charge in [0.15, 0.2) is 0 Å². The summed E-state index contributed by atoms with van der Waals surface area (Å²) >= 11 is 1.57. The van der Waals surface area contributed by atoms with Gasteiger partial charge in [-0.2, -0.15) is 4.37 Å². The van der Waals surface area contributed by atoms with E-state index in [1.807, 2.05) is 0 Å². The van der Waals surface area contributed by atoms with E-state index in [-0.39, 0.29) is 0 Å². The second-order valence-electron chi connectivity index (χ2n) is 4.46. The van der Waals surface area contributed by atoms with Crippen LogP contribution in [0.4, 0.5) is 5.13 Å². The number of anilines is 1. The van der Waals surface area contributed by atoms with Crippen LogP contribution in [-0.4, -0.2) is 35.0 Å². The first-order chi connectivity index (χ1) is 7.34. The summed E-state index contributed by atoms with van der Waals surface area (Å²) in [4.78, 5) is 7.03. The summed E-state index contributed by atoms with van der Waals surface area (Å²) in [5.74, 6) is 1.76. The lowest BCUT2D eigenvalue weighted by Gasteiger charge is -2.33. The van der Waals surface area contributed by atoms with Crippen molar-refractivity contribution in [3.8, 4) is 0 Å². The first-order valence-electron chi connectivity index (χ1n) is 5.65. The minimum Gasteiger partial charge on any atom is -0.342 e. The van der Waals surface area contributed by atoms with Crippen LogP contribution in [0.3, 0.4) is 0 Å². The van der Waals surface area contributed by atoms with Gasteiger partial charge in [0.05, 0.1) is 0 Å². The van der Waals surface area contributed by atoms with E-state index >= 15 is 0 Å². The van der Waals surface area contributed by atoms with Crippen molar-refractivity contribution in [1.82, 2.24) is 14.7 Å². The maximum Gasteiger partial charge on any atom is 0.205 e. The van der Waals surface area contributed by atoms with Gasteiger partial charge in [-0.05, 0) is 19.8 Å². The molecule has 0 bridgehead atoms. The van der Waals surface area contributed by atoms with Crippen LogP contribution in [0.2, 0.25) is 0 Å². The summed E-state index contributed by atoms with van der Waals surface area (Å²) in [7, 11) is 0. The molecule has 1 atom stereocenters. The fourth-order valence-corrected chi connectivity index (χ4v) is 2.85. The number of hydrogen-bond acceptors (Lipinski definition) is 5. The number of piperazine rings is 1. The molecule has 15 heavy (non-hydrogen) atoms. The van der Waals surface area contributed by atoms with Gasteiger partial charge < -0.3 is 10.2 Å². The van der Waals surface area contributed by atoms with Crippen LogP contribution in [0.15, 0.2) is 0 Å². The Balaban J connectivity index is 1.78. The van der Waals surface area contributed by atoms with Crippen LogP contribution < -0.4 is 10.2 Å². The molecule has 1 saturated heterocycles. The zero-order valence-corrected chi connectivity index (χ0v) is 9.76. The highest BCUT2D eigenvalue weighted by Gasteiger charge is 2.29. The number of nitrogens with zero attached hydrogens (tertiary/aromatic N) is 3. The van der Waals surface area contributed by atoms with E-state index in [2.05, 4.69) is 26.5 Å². The number of rotatable bonds is 2. The van der Waals surface area contributed by atoms with Gasteiger partial charge in [-0.3, -0.25) is 0 Å². The highest BCUT2D eigenvalue weighted by Crippen LogP contribution is 2.39. The Morgan fingerprint density at radius 1 is 1.47 bits per heavy atom. The second kappa shape index (κ2) is 3.72. The van der Waals surface area contributed by atoms with Crippen LogP contribution in [-0.2, 0) is 0 Å². The minimum absolute atomic E-state index is 0.541. The monoisotopic (exact) mass is 224 g/mol. The fourth-order valence-electron chi connectivity index (χ4n) is 1.98. The van der Waals surface area contributed by atoms with Crippen molar-refractivity contribution in [2.24, 2.45) is 0 Å². The van der Waals surface area contributed by atoms with Crippen molar-refractivity contribution in [2.45, 2.75) is 31.7 Å². The minimum atomic E-state index is 0.541. The number of nitrogens with one attached hydrogen (secondary N) is 1. The van der Waals surface area contributed by atoms with Crippen LogP contribution >= 0.6 is 11.5 Å². The molecule has 0 aromatic carbocycles. The zero-order chi connectivity index (χ0) is 10.3. The van der Waals surface area contributed by atoms with E-state index in [1.165, 1.54) is 12.8 Å². The number of hydrogen-bond donors (Lipinski definition) is 1. The Kier molecular flexibility index (Phi) is 2.36. The quantitative estimate of drug-likeness (QED) is 0.820. The maximum absolute atomic E-state index is 4.65. The molecule has 0 spiro atoms. The lowest BCUT2D eigenvalue weighted by Crippen LogP contribution is -2.49. The van der Waals surface area contributed by atoms with E-state index in [4.69, 9.17) is 0 Å². The van der Waals surface area contributed by atoms with Gasteiger partial charge in [0.1, 0.15) is 5.82 Å². The van der Waals surface area contributed by atoms with Gasteiger partial charge in [-0.15, -0.1) is 0 Å². The zero-order valence-electron chi connectivity index (χ0n) is 8.94. The molecule has 5 heteroatoms. The smallest absolute Gasteiger partial charge is 0.205 e. The average Bonchev–Trinajstić information content (AvgIpc) is 2.99. The van der Waals surface area contributed by atoms with Gasteiger partial charge in [0.2, 0.25) is 5.13 Å². The summed E-state index contributed by atoms with van der Waals surface area (Å²) in [6.45, 7) is 5.41. The third-order valence-corrected chi connectivity index (χ3v) is 3.89.